The number of carbonyl (C=O) groups is 1. The van der Waals surface area contributed by atoms with Crippen molar-refractivity contribution in [3.8, 4) is 0 Å². The first kappa shape index (κ1) is 23.8. The normalized spacial score (nSPS) is 14.7. The van der Waals surface area contributed by atoms with E-state index in [0.29, 0.717) is 13.2 Å². The number of anilines is 1. The second-order valence-electron chi connectivity index (χ2n) is 5.83. The summed E-state index contributed by atoms with van der Waals surface area (Å²) in [7, 11) is 1.61. The molecule has 2 heterocycles. The summed E-state index contributed by atoms with van der Waals surface area (Å²) in [6, 6.07) is 0. The van der Waals surface area contributed by atoms with Crippen LogP contribution in [0, 0.1) is 0 Å². The minimum Gasteiger partial charge on any atom is -0.383 e. The Kier molecular flexibility index (Phi) is 11.5. The third kappa shape index (κ3) is 7.74. The van der Waals surface area contributed by atoms with E-state index >= 15 is 0 Å². The molecule has 1 aromatic rings. The highest BCUT2D eigenvalue weighted by molar-refractivity contribution is 14.0. The van der Waals surface area contributed by atoms with Crippen LogP contribution in [0.25, 0.3) is 0 Å². The molecule has 1 saturated heterocycles. The van der Waals surface area contributed by atoms with Crippen LogP contribution >= 0.6 is 35.5 Å². The zero-order chi connectivity index (χ0) is 18.8. The topological polar surface area (TPSA) is 95.0 Å². The first-order valence-corrected chi connectivity index (χ1v) is 9.81. The van der Waals surface area contributed by atoms with Gasteiger partial charge in [-0.15, -0.1) is 24.0 Å². The average Bonchev–Trinajstić information content (AvgIpc) is 3.15. The van der Waals surface area contributed by atoms with Gasteiger partial charge in [-0.2, -0.15) is 4.37 Å². The molecule has 2 rings (SSSR count). The summed E-state index contributed by atoms with van der Waals surface area (Å²) in [5.74, 6) is 1.58. The first-order chi connectivity index (χ1) is 12.7. The zero-order valence-corrected chi connectivity index (χ0v) is 19.4. The fraction of sp³-hybridized carbons (Fsp3) is 0.750. The molecule has 9 nitrogen and oxygen atoms in total. The summed E-state index contributed by atoms with van der Waals surface area (Å²) < 4.78 is 9.28. The molecule has 1 aliphatic heterocycles. The Hall–Kier alpha value is -1.21. The molecule has 0 aliphatic carbocycles. The summed E-state index contributed by atoms with van der Waals surface area (Å²) in [6.45, 7) is 9.36. The van der Waals surface area contributed by atoms with Crippen molar-refractivity contribution in [2.75, 3.05) is 64.4 Å². The van der Waals surface area contributed by atoms with Gasteiger partial charge in [0, 0.05) is 64.3 Å². The van der Waals surface area contributed by atoms with Crippen LogP contribution in [0.3, 0.4) is 0 Å². The number of ether oxygens (including phenoxy) is 1. The Balaban J connectivity index is 0.00000364. The molecule has 0 aromatic carbocycles. The molecule has 11 heteroatoms. The minimum atomic E-state index is -0.1000. The molecule has 1 fully saturated rings. The summed E-state index contributed by atoms with van der Waals surface area (Å²) in [4.78, 5) is 25.3. The van der Waals surface area contributed by atoms with E-state index in [1.54, 1.807) is 7.11 Å². The van der Waals surface area contributed by atoms with Gasteiger partial charge in [0.25, 0.3) is 0 Å². The number of hydrogen-bond donors (Lipinski definition) is 2. The van der Waals surface area contributed by atoms with Crippen LogP contribution < -0.4 is 15.5 Å². The van der Waals surface area contributed by atoms with Crippen LogP contribution in [-0.2, 0) is 16.0 Å². The molecular formula is C16H30IN7O2S. The fourth-order valence-electron chi connectivity index (χ4n) is 2.55. The highest BCUT2D eigenvalue weighted by Gasteiger charge is 2.22. The quantitative estimate of drug-likeness (QED) is 0.228. The third-order valence-electron chi connectivity index (χ3n) is 3.96. The Labute approximate surface area is 182 Å². The second kappa shape index (κ2) is 13.0. The van der Waals surface area contributed by atoms with Gasteiger partial charge >= 0.3 is 0 Å². The maximum absolute atomic E-state index is 11.8. The van der Waals surface area contributed by atoms with Crippen molar-refractivity contribution in [2.45, 2.75) is 20.3 Å². The summed E-state index contributed by atoms with van der Waals surface area (Å²) in [5, 5.41) is 7.04. The van der Waals surface area contributed by atoms with Crippen LogP contribution in [0.1, 0.15) is 19.7 Å². The molecule has 2 N–H and O–H groups in total. The van der Waals surface area contributed by atoms with Gasteiger partial charge in [0.2, 0.25) is 11.0 Å². The maximum Gasteiger partial charge on any atom is 0.241 e. The minimum absolute atomic E-state index is 0. The van der Waals surface area contributed by atoms with E-state index in [1.165, 1.54) is 11.5 Å². The van der Waals surface area contributed by atoms with E-state index in [9.17, 15) is 4.79 Å². The largest absolute Gasteiger partial charge is 0.383 e. The monoisotopic (exact) mass is 511 g/mol. The van der Waals surface area contributed by atoms with Crippen molar-refractivity contribution in [3.63, 3.8) is 0 Å². The van der Waals surface area contributed by atoms with Crippen molar-refractivity contribution < 1.29 is 9.53 Å². The number of methoxy groups -OCH3 is 1. The predicted molar refractivity (Wildman–Crippen MR) is 119 cm³/mol. The van der Waals surface area contributed by atoms with E-state index in [4.69, 9.17) is 4.74 Å². The zero-order valence-electron chi connectivity index (χ0n) is 16.2. The molecule has 1 aromatic heterocycles. The van der Waals surface area contributed by atoms with Crippen molar-refractivity contribution in [2.24, 2.45) is 4.99 Å². The molecular weight excluding hydrogens is 481 g/mol. The fourth-order valence-corrected chi connectivity index (χ4v) is 3.35. The predicted octanol–water partition coefficient (Wildman–Crippen LogP) is 0.569. The van der Waals surface area contributed by atoms with Gasteiger partial charge in [0.1, 0.15) is 12.4 Å². The summed E-state index contributed by atoms with van der Waals surface area (Å²) in [5.41, 5.74) is 0. The Morgan fingerprint density at radius 3 is 2.59 bits per heavy atom. The van der Waals surface area contributed by atoms with Gasteiger partial charge in [-0.05, 0) is 6.92 Å². The SMILES string of the molecule is CCNC(=NCC(=O)NCCOC)N1CCN(c2nc(CC)ns2)CC1.I. The molecule has 1 aliphatic rings. The number of nitrogens with one attached hydrogen (secondary N) is 2. The van der Waals surface area contributed by atoms with E-state index in [-0.39, 0.29) is 36.4 Å². The number of hydrogen-bond acceptors (Lipinski definition) is 7. The Morgan fingerprint density at radius 2 is 2.00 bits per heavy atom. The van der Waals surface area contributed by atoms with Gasteiger partial charge in [-0.1, -0.05) is 6.92 Å². The lowest BCUT2D eigenvalue weighted by molar-refractivity contribution is -0.119. The molecule has 0 unspecified atom stereocenters. The number of aryl methyl sites for hydroxylation is 1. The van der Waals surface area contributed by atoms with Gasteiger partial charge in [0.15, 0.2) is 5.96 Å². The second-order valence-corrected chi connectivity index (χ2v) is 6.56. The number of aliphatic imine (C=N–C) groups is 1. The Bertz CT molecular complexity index is 591. The molecule has 0 saturated carbocycles. The van der Waals surface area contributed by atoms with E-state index < -0.39 is 0 Å². The van der Waals surface area contributed by atoms with Crippen LogP contribution in [-0.4, -0.2) is 85.7 Å². The van der Waals surface area contributed by atoms with Crippen LogP contribution in [0.15, 0.2) is 4.99 Å². The van der Waals surface area contributed by atoms with Gasteiger partial charge in [-0.3, -0.25) is 4.79 Å². The molecule has 0 spiro atoms. The molecule has 27 heavy (non-hydrogen) atoms. The third-order valence-corrected chi connectivity index (χ3v) is 4.77. The molecule has 1 amide bonds. The van der Waals surface area contributed by atoms with Crippen LogP contribution in [0.2, 0.25) is 0 Å². The van der Waals surface area contributed by atoms with E-state index in [1.807, 2.05) is 6.92 Å². The van der Waals surface area contributed by atoms with Crippen molar-refractivity contribution in [1.29, 1.82) is 0 Å². The lowest BCUT2D eigenvalue weighted by Crippen LogP contribution is -2.52. The van der Waals surface area contributed by atoms with Crippen molar-refractivity contribution in [3.05, 3.63) is 5.82 Å². The van der Waals surface area contributed by atoms with Gasteiger partial charge in [-0.25, -0.2) is 9.98 Å². The van der Waals surface area contributed by atoms with Gasteiger partial charge < -0.3 is 25.2 Å². The standard InChI is InChI=1S/C16H29N7O2S.HI/c1-4-13-20-16(26-21-13)23-9-7-22(8-10-23)15(17-5-2)19-12-14(24)18-6-11-25-3;/h4-12H2,1-3H3,(H,17,19)(H,18,24);1H. The number of rotatable bonds is 8. The first-order valence-electron chi connectivity index (χ1n) is 9.04. The number of halogens is 1. The van der Waals surface area contributed by atoms with Crippen LogP contribution in [0.4, 0.5) is 5.13 Å². The number of carbonyl (C=O) groups excluding carboxylic acids is 1. The summed E-state index contributed by atoms with van der Waals surface area (Å²) in [6.07, 6.45) is 0.861. The van der Waals surface area contributed by atoms with Crippen LogP contribution in [0.5, 0.6) is 0 Å². The van der Waals surface area contributed by atoms with Gasteiger partial charge in [0.05, 0.1) is 6.61 Å². The molecule has 0 radical (unpaired) electrons. The van der Waals surface area contributed by atoms with E-state index in [2.05, 4.69) is 41.7 Å². The molecule has 0 bridgehead atoms. The lowest BCUT2D eigenvalue weighted by atomic mass is 10.3. The number of aromatic nitrogens is 2. The number of guanidine groups is 1. The smallest absolute Gasteiger partial charge is 0.241 e. The lowest BCUT2D eigenvalue weighted by Gasteiger charge is -2.36. The number of piperazine rings is 1. The summed E-state index contributed by atoms with van der Waals surface area (Å²) >= 11 is 1.46. The highest BCUT2D eigenvalue weighted by atomic mass is 127. The Morgan fingerprint density at radius 1 is 1.26 bits per heavy atom. The molecule has 154 valence electrons. The van der Waals surface area contributed by atoms with Crippen molar-refractivity contribution >= 4 is 52.5 Å². The average molecular weight is 511 g/mol. The van der Waals surface area contributed by atoms with Crippen molar-refractivity contribution in [1.82, 2.24) is 24.9 Å². The van der Waals surface area contributed by atoms with E-state index in [0.717, 1.165) is 56.1 Å². The highest BCUT2D eigenvalue weighted by Crippen LogP contribution is 2.19. The molecule has 0 atom stereocenters. The number of amides is 1. The number of nitrogens with zero attached hydrogens (tertiary/aromatic N) is 5. The maximum atomic E-state index is 11.8.